The van der Waals surface area contributed by atoms with Crippen LogP contribution in [0.4, 0.5) is 9.18 Å². The molecule has 0 radical (unpaired) electrons. The number of hydrogen-bond donors (Lipinski definition) is 2. The minimum absolute atomic E-state index is 0.0643. The molecular weight excluding hydrogens is 505 g/mol. The van der Waals surface area contributed by atoms with Crippen molar-refractivity contribution in [3.63, 3.8) is 0 Å². The summed E-state index contributed by atoms with van der Waals surface area (Å²) in [7, 11) is 1.39. The van der Waals surface area contributed by atoms with Crippen LogP contribution in [0.1, 0.15) is 61.9 Å². The predicted molar refractivity (Wildman–Crippen MR) is 140 cm³/mol. The molecule has 2 unspecified atom stereocenters. The van der Waals surface area contributed by atoms with Gasteiger partial charge in [0.1, 0.15) is 22.8 Å². The number of halogens is 1. The number of carbonyl (C=O) groups excluding carboxylic acids is 2. The van der Waals surface area contributed by atoms with E-state index in [0.717, 1.165) is 19.3 Å². The highest BCUT2D eigenvalue weighted by atomic mass is 19.1. The zero-order valence-corrected chi connectivity index (χ0v) is 22.8. The summed E-state index contributed by atoms with van der Waals surface area (Å²) in [6, 6.07) is 6.03. The Balaban J connectivity index is 1.35. The molecule has 4 rings (SSSR count). The Morgan fingerprint density at radius 3 is 2.69 bits per heavy atom. The first-order chi connectivity index (χ1) is 18.5. The quantitative estimate of drug-likeness (QED) is 0.442. The lowest BCUT2D eigenvalue weighted by Gasteiger charge is -2.21. The van der Waals surface area contributed by atoms with E-state index in [4.69, 9.17) is 9.47 Å². The molecule has 0 aliphatic heterocycles. The third kappa shape index (κ3) is 7.71. The monoisotopic (exact) mass is 539 g/mol. The molecule has 39 heavy (non-hydrogen) atoms. The molecule has 3 aromatic rings. The zero-order chi connectivity index (χ0) is 28.2. The zero-order valence-electron chi connectivity index (χ0n) is 22.8. The molecule has 1 fully saturated rings. The van der Waals surface area contributed by atoms with Crippen LogP contribution >= 0.6 is 0 Å². The summed E-state index contributed by atoms with van der Waals surface area (Å²) < 4.78 is 25.8. The Kier molecular flexibility index (Phi) is 8.41. The van der Waals surface area contributed by atoms with Gasteiger partial charge in [-0.15, -0.1) is 5.10 Å². The molecule has 12 heteroatoms. The van der Waals surface area contributed by atoms with E-state index >= 15 is 0 Å². The van der Waals surface area contributed by atoms with Crippen molar-refractivity contribution in [3.8, 4) is 17.1 Å². The maximum absolute atomic E-state index is 13.6. The average Bonchev–Trinajstić information content (AvgIpc) is 3.51. The number of nitrogens with one attached hydrogen (secondary N) is 2. The Hall–Kier alpha value is -4.09. The van der Waals surface area contributed by atoms with Gasteiger partial charge in [0.2, 0.25) is 0 Å². The van der Waals surface area contributed by atoms with Gasteiger partial charge in [0.05, 0.1) is 19.0 Å². The van der Waals surface area contributed by atoms with Gasteiger partial charge >= 0.3 is 6.09 Å². The van der Waals surface area contributed by atoms with Crippen LogP contribution < -0.4 is 15.4 Å². The second-order valence-electron chi connectivity index (χ2n) is 10.7. The fraction of sp³-hybridized carbons (Fsp3) is 0.481. The summed E-state index contributed by atoms with van der Waals surface area (Å²) >= 11 is 0. The van der Waals surface area contributed by atoms with Crippen molar-refractivity contribution in [1.82, 2.24) is 35.6 Å². The summed E-state index contributed by atoms with van der Waals surface area (Å²) in [5.41, 5.74) is 1.35. The van der Waals surface area contributed by atoms with Crippen LogP contribution in [-0.2, 0) is 17.8 Å². The smallest absolute Gasteiger partial charge is 0.407 e. The lowest BCUT2D eigenvalue weighted by atomic mass is 10.1. The third-order valence-corrected chi connectivity index (χ3v) is 6.25. The van der Waals surface area contributed by atoms with Crippen molar-refractivity contribution in [1.29, 1.82) is 0 Å². The Morgan fingerprint density at radius 2 is 1.95 bits per heavy atom. The van der Waals surface area contributed by atoms with Crippen LogP contribution in [0.2, 0.25) is 0 Å². The van der Waals surface area contributed by atoms with E-state index in [0.29, 0.717) is 35.2 Å². The predicted octanol–water partition coefficient (Wildman–Crippen LogP) is 3.81. The van der Waals surface area contributed by atoms with Gasteiger partial charge < -0.3 is 20.1 Å². The van der Waals surface area contributed by atoms with E-state index in [-0.39, 0.29) is 24.0 Å². The molecule has 2 heterocycles. The molecule has 2 amide bonds. The summed E-state index contributed by atoms with van der Waals surface area (Å²) in [5, 5.41) is 14.2. The number of aryl methyl sites for hydroxylation is 1. The molecule has 2 atom stereocenters. The number of hydrogen-bond acceptors (Lipinski definition) is 8. The van der Waals surface area contributed by atoms with Crippen LogP contribution in [0.5, 0.6) is 5.75 Å². The lowest BCUT2D eigenvalue weighted by Crippen LogP contribution is -2.38. The van der Waals surface area contributed by atoms with Crippen LogP contribution in [0.25, 0.3) is 11.4 Å². The number of carbonyl (C=O) groups is 2. The average molecular weight is 540 g/mol. The number of methoxy groups -OCH3 is 1. The van der Waals surface area contributed by atoms with Crippen molar-refractivity contribution < 1.29 is 23.5 Å². The van der Waals surface area contributed by atoms with Gasteiger partial charge in [-0.3, -0.25) is 9.48 Å². The number of nitrogens with zero attached hydrogens (tertiary/aromatic N) is 5. The fourth-order valence-corrected chi connectivity index (χ4v) is 4.52. The maximum Gasteiger partial charge on any atom is 0.407 e. The Bertz CT molecular complexity index is 1340. The minimum Gasteiger partial charge on any atom is -0.494 e. The molecule has 1 saturated carbocycles. The standard InChI is InChI=1S/C27H34FN7O4/c1-16-30-21(12-22(31-16)25(36)29-13-17-7-9-20(28)24(11-17)38-5)23-15-35(34-33-23)14-18-6-8-19(10-18)32-26(37)39-27(2,3)4/h7,9,11-12,15,18-19H,6,8,10,13-14H2,1-5H3,(H,29,36)(H,32,37). The molecule has 0 bridgehead atoms. The summed E-state index contributed by atoms with van der Waals surface area (Å²) in [6.07, 6.45) is 4.05. The van der Waals surface area contributed by atoms with Gasteiger partial charge in [-0.1, -0.05) is 11.3 Å². The normalized spacial score (nSPS) is 17.1. The van der Waals surface area contributed by atoms with Gasteiger partial charge in [0.25, 0.3) is 5.91 Å². The molecule has 0 spiro atoms. The van der Waals surface area contributed by atoms with E-state index in [2.05, 4.69) is 30.9 Å². The fourth-order valence-electron chi connectivity index (χ4n) is 4.52. The highest BCUT2D eigenvalue weighted by Crippen LogP contribution is 2.28. The summed E-state index contributed by atoms with van der Waals surface area (Å²) in [6.45, 7) is 8.05. The highest BCUT2D eigenvalue weighted by Gasteiger charge is 2.28. The first-order valence-corrected chi connectivity index (χ1v) is 12.9. The van der Waals surface area contributed by atoms with Gasteiger partial charge in [-0.05, 0) is 76.6 Å². The second-order valence-corrected chi connectivity index (χ2v) is 10.7. The number of amides is 2. The third-order valence-electron chi connectivity index (χ3n) is 6.25. The molecular formula is C27H34FN7O4. The van der Waals surface area contributed by atoms with Crippen molar-refractivity contribution >= 4 is 12.0 Å². The lowest BCUT2D eigenvalue weighted by molar-refractivity contribution is 0.0504. The first kappa shape index (κ1) is 27.9. The number of benzene rings is 1. The molecule has 0 saturated heterocycles. The first-order valence-electron chi connectivity index (χ1n) is 12.9. The van der Waals surface area contributed by atoms with Crippen LogP contribution in [0.15, 0.2) is 30.5 Å². The van der Waals surface area contributed by atoms with E-state index in [9.17, 15) is 14.0 Å². The van der Waals surface area contributed by atoms with Crippen LogP contribution in [0, 0.1) is 18.7 Å². The second kappa shape index (κ2) is 11.7. The topological polar surface area (TPSA) is 133 Å². The molecule has 2 aromatic heterocycles. The van der Waals surface area contributed by atoms with E-state index in [1.54, 1.807) is 29.9 Å². The molecule has 2 N–H and O–H groups in total. The Labute approximate surface area is 226 Å². The number of ether oxygens (including phenoxy) is 2. The summed E-state index contributed by atoms with van der Waals surface area (Å²) in [4.78, 5) is 33.6. The van der Waals surface area contributed by atoms with Gasteiger partial charge in [0, 0.05) is 19.1 Å². The van der Waals surface area contributed by atoms with Crippen molar-refractivity contribution in [2.24, 2.45) is 5.92 Å². The highest BCUT2D eigenvalue weighted by molar-refractivity contribution is 5.93. The largest absolute Gasteiger partial charge is 0.494 e. The minimum atomic E-state index is -0.532. The van der Waals surface area contributed by atoms with Crippen LogP contribution in [0.3, 0.4) is 0 Å². The number of aromatic nitrogens is 5. The SMILES string of the molecule is COc1cc(CNC(=O)c2cc(-c3cn(CC4CCC(NC(=O)OC(C)(C)C)C4)nn3)nc(C)n2)ccc1F. The van der Waals surface area contributed by atoms with Gasteiger partial charge in [-0.2, -0.15) is 0 Å². The van der Waals surface area contributed by atoms with Gasteiger partial charge in [-0.25, -0.2) is 19.2 Å². The van der Waals surface area contributed by atoms with Crippen LogP contribution in [-0.4, -0.2) is 55.7 Å². The Morgan fingerprint density at radius 1 is 1.15 bits per heavy atom. The van der Waals surface area contributed by atoms with Crippen molar-refractivity contribution in [2.75, 3.05) is 7.11 Å². The molecule has 1 aliphatic carbocycles. The molecule has 11 nitrogen and oxygen atoms in total. The van der Waals surface area contributed by atoms with E-state index < -0.39 is 23.4 Å². The van der Waals surface area contributed by atoms with Crippen molar-refractivity contribution in [2.45, 2.75) is 71.7 Å². The molecule has 1 aliphatic rings. The summed E-state index contributed by atoms with van der Waals surface area (Å²) in [5.74, 6) is -0.00759. The molecule has 208 valence electrons. The van der Waals surface area contributed by atoms with Gasteiger partial charge in [0.15, 0.2) is 11.6 Å². The maximum atomic E-state index is 13.6. The number of rotatable bonds is 8. The van der Waals surface area contributed by atoms with E-state index in [1.165, 1.54) is 19.2 Å². The molecule has 1 aromatic carbocycles. The number of alkyl carbamates (subject to hydrolysis) is 1. The van der Waals surface area contributed by atoms with Crippen molar-refractivity contribution in [3.05, 3.63) is 53.4 Å². The van der Waals surface area contributed by atoms with E-state index in [1.807, 2.05) is 20.8 Å².